The van der Waals surface area contributed by atoms with Gasteiger partial charge in [0.15, 0.2) is 0 Å². The lowest BCUT2D eigenvalue weighted by molar-refractivity contribution is 0.519. The molecule has 0 amide bonds. The van der Waals surface area contributed by atoms with E-state index in [1.165, 1.54) is 11.6 Å². The fourth-order valence-electron chi connectivity index (χ4n) is 2.66. The molecule has 3 rings (SSSR count). The summed E-state index contributed by atoms with van der Waals surface area (Å²) in [6.07, 6.45) is 1.83. The number of nitrogens with one attached hydrogen (secondary N) is 1. The number of nitrogens with two attached hydrogens (primary N) is 1. The third-order valence-corrected chi connectivity index (χ3v) is 4.52. The Morgan fingerprint density at radius 1 is 1.10 bits per heavy atom. The second-order valence-electron chi connectivity index (χ2n) is 5.07. The molecule has 108 valence electrons. The molecular formula is C17H17FN2S. The highest BCUT2D eigenvalue weighted by atomic mass is 32.1. The molecule has 1 unspecified atom stereocenters. The van der Waals surface area contributed by atoms with E-state index in [0.29, 0.717) is 5.39 Å². The second-order valence-corrected chi connectivity index (χ2v) is 5.85. The molecular weight excluding hydrogens is 283 g/mol. The molecule has 0 saturated carbocycles. The Kier molecular flexibility index (Phi) is 4.29. The Morgan fingerprint density at radius 2 is 1.90 bits per heavy atom. The number of benzene rings is 2. The SMILES string of the molecule is NNC(CCc1ccsc1)c1ccc(F)c2ccccc12. The van der Waals surface area contributed by atoms with Crippen molar-refractivity contribution in [2.45, 2.75) is 18.9 Å². The Bertz CT molecular complexity index is 725. The molecule has 3 N–H and O–H groups in total. The number of rotatable bonds is 5. The molecule has 0 saturated heterocycles. The quantitative estimate of drug-likeness (QED) is 0.548. The molecule has 1 heterocycles. The fourth-order valence-corrected chi connectivity index (χ4v) is 3.37. The van der Waals surface area contributed by atoms with Crippen LogP contribution in [0.1, 0.15) is 23.6 Å². The van der Waals surface area contributed by atoms with Crippen molar-refractivity contribution in [3.05, 3.63) is 70.2 Å². The smallest absolute Gasteiger partial charge is 0.131 e. The van der Waals surface area contributed by atoms with Gasteiger partial charge in [-0.2, -0.15) is 11.3 Å². The number of halogens is 1. The second kappa shape index (κ2) is 6.35. The van der Waals surface area contributed by atoms with Crippen LogP contribution >= 0.6 is 11.3 Å². The highest BCUT2D eigenvalue weighted by molar-refractivity contribution is 7.07. The van der Waals surface area contributed by atoms with Crippen molar-refractivity contribution < 1.29 is 4.39 Å². The molecule has 0 radical (unpaired) electrons. The van der Waals surface area contributed by atoms with Crippen molar-refractivity contribution in [2.24, 2.45) is 5.84 Å². The van der Waals surface area contributed by atoms with Gasteiger partial charge in [-0.05, 0) is 52.2 Å². The molecule has 0 spiro atoms. The van der Waals surface area contributed by atoms with Gasteiger partial charge in [-0.1, -0.05) is 30.3 Å². The van der Waals surface area contributed by atoms with Crippen LogP contribution in [0.15, 0.2) is 53.2 Å². The lowest BCUT2D eigenvalue weighted by Gasteiger charge is -2.18. The molecule has 1 aromatic heterocycles. The number of fused-ring (bicyclic) bond motifs is 1. The van der Waals surface area contributed by atoms with Gasteiger partial charge in [0, 0.05) is 11.4 Å². The zero-order valence-electron chi connectivity index (χ0n) is 11.6. The third kappa shape index (κ3) is 2.97. The van der Waals surface area contributed by atoms with Crippen molar-refractivity contribution >= 4 is 22.1 Å². The van der Waals surface area contributed by atoms with E-state index >= 15 is 0 Å². The maximum atomic E-state index is 13.9. The standard InChI is InChI=1S/C17H17FN2S/c18-16-7-6-15(13-3-1-2-4-14(13)16)17(20-19)8-5-12-9-10-21-11-12/h1-4,6-7,9-11,17,20H,5,8,19H2. The topological polar surface area (TPSA) is 38.0 Å². The molecule has 0 aliphatic carbocycles. The summed E-state index contributed by atoms with van der Waals surface area (Å²) in [5.41, 5.74) is 5.23. The van der Waals surface area contributed by atoms with Crippen LogP contribution in [0.5, 0.6) is 0 Å². The summed E-state index contributed by atoms with van der Waals surface area (Å²) in [5, 5.41) is 5.79. The van der Waals surface area contributed by atoms with Crippen molar-refractivity contribution in [1.82, 2.24) is 5.43 Å². The maximum Gasteiger partial charge on any atom is 0.131 e. The Hall–Kier alpha value is -1.75. The van der Waals surface area contributed by atoms with Crippen molar-refractivity contribution in [2.75, 3.05) is 0 Å². The van der Waals surface area contributed by atoms with Gasteiger partial charge in [0.25, 0.3) is 0 Å². The molecule has 0 fully saturated rings. The van der Waals surface area contributed by atoms with Crippen LogP contribution in [0, 0.1) is 5.82 Å². The van der Waals surface area contributed by atoms with E-state index in [9.17, 15) is 4.39 Å². The first kappa shape index (κ1) is 14.2. The van der Waals surface area contributed by atoms with Gasteiger partial charge in [-0.25, -0.2) is 4.39 Å². The Balaban J connectivity index is 1.91. The summed E-state index contributed by atoms with van der Waals surface area (Å²) in [7, 11) is 0. The van der Waals surface area contributed by atoms with Crippen LogP contribution in [-0.2, 0) is 6.42 Å². The Labute approximate surface area is 127 Å². The van der Waals surface area contributed by atoms with E-state index < -0.39 is 0 Å². The van der Waals surface area contributed by atoms with Gasteiger partial charge in [0.2, 0.25) is 0 Å². The largest absolute Gasteiger partial charge is 0.271 e. The first-order valence-electron chi connectivity index (χ1n) is 6.94. The average molecular weight is 300 g/mol. The first-order valence-corrected chi connectivity index (χ1v) is 7.88. The van der Waals surface area contributed by atoms with Crippen molar-refractivity contribution in [3.8, 4) is 0 Å². The van der Waals surface area contributed by atoms with Crippen LogP contribution < -0.4 is 11.3 Å². The normalized spacial score (nSPS) is 12.7. The van der Waals surface area contributed by atoms with Crippen molar-refractivity contribution in [1.29, 1.82) is 0 Å². The lowest BCUT2D eigenvalue weighted by atomic mass is 9.95. The molecule has 2 nitrogen and oxygen atoms in total. The molecule has 0 aliphatic heterocycles. The van der Waals surface area contributed by atoms with Gasteiger partial charge < -0.3 is 0 Å². The highest BCUT2D eigenvalue weighted by Gasteiger charge is 2.14. The number of thiophene rings is 1. The predicted molar refractivity (Wildman–Crippen MR) is 86.6 cm³/mol. The fraction of sp³-hybridized carbons (Fsp3) is 0.176. The third-order valence-electron chi connectivity index (χ3n) is 3.78. The van der Waals surface area contributed by atoms with E-state index in [1.54, 1.807) is 17.4 Å². The average Bonchev–Trinajstić information content (AvgIpc) is 3.03. The first-order chi connectivity index (χ1) is 10.3. The van der Waals surface area contributed by atoms with E-state index in [0.717, 1.165) is 23.8 Å². The molecule has 0 bridgehead atoms. The summed E-state index contributed by atoms with van der Waals surface area (Å²) in [4.78, 5) is 0. The lowest BCUT2D eigenvalue weighted by Crippen LogP contribution is -2.28. The minimum atomic E-state index is -0.192. The summed E-state index contributed by atoms with van der Waals surface area (Å²) in [6.45, 7) is 0. The zero-order chi connectivity index (χ0) is 14.7. The van der Waals surface area contributed by atoms with Crippen LogP contribution in [-0.4, -0.2) is 0 Å². The molecule has 1 atom stereocenters. The summed E-state index contributed by atoms with van der Waals surface area (Å²) in [5.74, 6) is 5.54. The minimum Gasteiger partial charge on any atom is -0.271 e. The van der Waals surface area contributed by atoms with Crippen LogP contribution in [0.4, 0.5) is 4.39 Å². The van der Waals surface area contributed by atoms with Crippen LogP contribution in [0.25, 0.3) is 10.8 Å². The predicted octanol–water partition coefficient (Wildman–Crippen LogP) is 4.18. The number of hydrogen-bond donors (Lipinski definition) is 2. The summed E-state index contributed by atoms with van der Waals surface area (Å²) < 4.78 is 13.9. The van der Waals surface area contributed by atoms with Crippen molar-refractivity contribution in [3.63, 3.8) is 0 Å². The number of hydrogen-bond acceptors (Lipinski definition) is 3. The van der Waals surface area contributed by atoms with E-state index in [1.807, 2.05) is 24.3 Å². The molecule has 2 aromatic carbocycles. The Morgan fingerprint density at radius 3 is 2.62 bits per heavy atom. The number of hydrazine groups is 1. The summed E-state index contributed by atoms with van der Waals surface area (Å²) >= 11 is 1.70. The maximum absolute atomic E-state index is 13.9. The molecule has 0 aliphatic rings. The zero-order valence-corrected chi connectivity index (χ0v) is 12.4. The van der Waals surface area contributed by atoms with Gasteiger partial charge in [-0.15, -0.1) is 0 Å². The molecule has 3 aromatic rings. The summed E-state index contributed by atoms with van der Waals surface area (Å²) in [6, 6.07) is 13.0. The molecule has 21 heavy (non-hydrogen) atoms. The van der Waals surface area contributed by atoms with Crippen LogP contribution in [0.3, 0.4) is 0 Å². The monoisotopic (exact) mass is 300 g/mol. The van der Waals surface area contributed by atoms with Gasteiger partial charge in [0.05, 0.1) is 0 Å². The van der Waals surface area contributed by atoms with Crippen LogP contribution in [0.2, 0.25) is 0 Å². The van der Waals surface area contributed by atoms with E-state index in [4.69, 9.17) is 5.84 Å². The number of aryl methyl sites for hydroxylation is 1. The molecule has 4 heteroatoms. The van der Waals surface area contributed by atoms with Gasteiger partial charge in [0.1, 0.15) is 5.82 Å². The van der Waals surface area contributed by atoms with Gasteiger partial charge >= 0.3 is 0 Å². The van der Waals surface area contributed by atoms with E-state index in [-0.39, 0.29) is 11.9 Å². The van der Waals surface area contributed by atoms with E-state index in [2.05, 4.69) is 22.3 Å². The van der Waals surface area contributed by atoms with Gasteiger partial charge in [-0.3, -0.25) is 11.3 Å². The highest BCUT2D eigenvalue weighted by Crippen LogP contribution is 2.28. The minimum absolute atomic E-state index is 0.00963.